The van der Waals surface area contributed by atoms with E-state index in [4.69, 9.17) is 4.74 Å². The number of carbonyl (C=O) groups excluding carboxylic acids is 1. The lowest BCUT2D eigenvalue weighted by Gasteiger charge is -2.36. The van der Waals surface area contributed by atoms with Gasteiger partial charge in [-0.3, -0.25) is 0 Å². The monoisotopic (exact) mass is 325 g/mol. The fourth-order valence-electron chi connectivity index (χ4n) is 3.53. The number of rotatable bonds is 4. The van der Waals surface area contributed by atoms with E-state index in [1.165, 1.54) is 25.9 Å². The molecule has 1 N–H and O–H groups in total. The first kappa shape index (κ1) is 18.5. The Bertz CT molecular complexity index is 384. The highest BCUT2D eigenvalue weighted by Crippen LogP contribution is 2.21. The van der Waals surface area contributed by atoms with Gasteiger partial charge in [0.15, 0.2) is 0 Å². The zero-order valence-electron chi connectivity index (χ0n) is 15.6. The van der Waals surface area contributed by atoms with Gasteiger partial charge in [-0.25, -0.2) is 4.79 Å². The maximum atomic E-state index is 12.3. The van der Waals surface area contributed by atoms with Crippen LogP contribution in [0.3, 0.4) is 0 Å². The molecule has 0 aromatic carbocycles. The number of nitrogens with zero attached hydrogens (tertiary/aromatic N) is 2. The van der Waals surface area contributed by atoms with Crippen molar-refractivity contribution in [2.24, 2.45) is 0 Å². The molecule has 2 saturated heterocycles. The Kier molecular flexibility index (Phi) is 6.32. The van der Waals surface area contributed by atoms with E-state index in [0.29, 0.717) is 12.1 Å². The van der Waals surface area contributed by atoms with Gasteiger partial charge >= 0.3 is 6.09 Å². The van der Waals surface area contributed by atoms with Gasteiger partial charge in [0.25, 0.3) is 0 Å². The third kappa shape index (κ3) is 5.64. The van der Waals surface area contributed by atoms with Crippen LogP contribution in [0, 0.1) is 0 Å². The van der Waals surface area contributed by atoms with Gasteiger partial charge in [0.2, 0.25) is 0 Å². The molecule has 1 atom stereocenters. The highest BCUT2D eigenvalue weighted by molar-refractivity contribution is 5.69. The lowest BCUT2D eigenvalue weighted by Crippen LogP contribution is -2.49. The average molecular weight is 325 g/mol. The van der Waals surface area contributed by atoms with Gasteiger partial charge in [-0.15, -0.1) is 0 Å². The molecule has 0 spiro atoms. The molecule has 0 bridgehead atoms. The van der Waals surface area contributed by atoms with E-state index in [2.05, 4.69) is 24.1 Å². The van der Waals surface area contributed by atoms with Crippen LogP contribution in [0.1, 0.15) is 60.3 Å². The Morgan fingerprint density at radius 1 is 1.17 bits per heavy atom. The second-order valence-electron chi connectivity index (χ2n) is 8.28. The third-order valence-corrected chi connectivity index (χ3v) is 4.91. The topological polar surface area (TPSA) is 44.8 Å². The molecule has 2 aliphatic rings. The van der Waals surface area contributed by atoms with Gasteiger partial charge < -0.3 is 19.9 Å². The van der Waals surface area contributed by atoms with Gasteiger partial charge in [0.1, 0.15) is 5.60 Å². The van der Waals surface area contributed by atoms with Crippen LogP contribution in [0.2, 0.25) is 0 Å². The van der Waals surface area contributed by atoms with Crippen LogP contribution in [0.25, 0.3) is 0 Å². The molecule has 23 heavy (non-hydrogen) atoms. The van der Waals surface area contributed by atoms with E-state index in [1.54, 1.807) is 0 Å². The van der Waals surface area contributed by atoms with Crippen LogP contribution in [0.4, 0.5) is 4.79 Å². The summed E-state index contributed by atoms with van der Waals surface area (Å²) in [5.74, 6) is 0. The number of carbonyl (C=O) groups is 1. The summed E-state index contributed by atoms with van der Waals surface area (Å²) in [7, 11) is 0. The number of nitrogens with one attached hydrogen (secondary N) is 1. The maximum Gasteiger partial charge on any atom is 0.410 e. The maximum absolute atomic E-state index is 12.3. The molecule has 0 saturated carbocycles. The summed E-state index contributed by atoms with van der Waals surface area (Å²) in [6, 6.07) is 1.52. The van der Waals surface area contributed by atoms with Crippen LogP contribution < -0.4 is 5.32 Å². The summed E-state index contributed by atoms with van der Waals surface area (Å²) in [5, 5.41) is 3.69. The van der Waals surface area contributed by atoms with E-state index in [-0.39, 0.29) is 12.1 Å². The molecule has 1 unspecified atom stereocenters. The fraction of sp³-hybridized carbons (Fsp3) is 0.944. The lowest BCUT2D eigenvalue weighted by molar-refractivity contribution is 0.0222. The van der Waals surface area contributed by atoms with Crippen molar-refractivity contribution in [3.63, 3.8) is 0 Å². The highest BCUT2D eigenvalue weighted by Gasteiger charge is 2.32. The summed E-state index contributed by atoms with van der Waals surface area (Å²) in [5.41, 5.74) is -0.415. The molecule has 2 aliphatic heterocycles. The number of hydrogen-bond donors (Lipinski definition) is 1. The Hall–Kier alpha value is -0.810. The number of piperidine rings is 1. The van der Waals surface area contributed by atoms with Crippen molar-refractivity contribution in [1.82, 2.24) is 15.1 Å². The molecule has 2 heterocycles. The third-order valence-electron chi connectivity index (χ3n) is 4.91. The summed E-state index contributed by atoms with van der Waals surface area (Å²) >= 11 is 0. The second kappa shape index (κ2) is 7.84. The van der Waals surface area contributed by atoms with E-state index in [1.807, 2.05) is 25.7 Å². The van der Waals surface area contributed by atoms with Crippen molar-refractivity contribution < 1.29 is 9.53 Å². The molecule has 0 aromatic heterocycles. The van der Waals surface area contributed by atoms with Crippen LogP contribution in [0.5, 0.6) is 0 Å². The molecular weight excluding hydrogens is 290 g/mol. The zero-order chi connectivity index (χ0) is 17.0. The second-order valence-corrected chi connectivity index (χ2v) is 8.28. The van der Waals surface area contributed by atoms with Crippen LogP contribution in [-0.4, -0.2) is 65.8 Å². The molecule has 2 fully saturated rings. The summed E-state index contributed by atoms with van der Waals surface area (Å²) in [6.45, 7) is 14.4. The van der Waals surface area contributed by atoms with Crippen LogP contribution in [-0.2, 0) is 4.74 Å². The van der Waals surface area contributed by atoms with E-state index < -0.39 is 5.60 Å². The number of hydrogen-bond acceptors (Lipinski definition) is 4. The highest BCUT2D eigenvalue weighted by atomic mass is 16.6. The average Bonchev–Trinajstić information content (AvgIpc) is 2.92. The van der Waals surface area contributed by atoms with E-state index in [0.717, 1.165) is 25.9 Å². The van der Waals surface area contributed by atoms with Crippen molar-refractivity contribution in [3.8, 4) is 0 Å². The van der Waals surface area contributed by atoms with Gasteiger partial charge in [0.05, 0.1) is 0 Å². The molecule has 5 nitrogen and oxygen atoms in total. The molecular formula is C18H35N3O2. The van der Waals surface area contributed by atoms with Gasteiger partial charge in [-0.1, -0.05) is 0 Å². The predicted octanol–water partition coefficient (Wildman–Crippen LogP) is 2.85. The van der Waals surface area contributed by atoms with Gasteiger partial charge in [0, 0.05) is 31.2 Å². The Morgan fingerprint density at radius 2 is 1.83 bits per heavy atom. The van der Waals surface area contributed by atoms with Crippen molar-refractivity contribution >= 4 is 6.09 Å². The smallest absolute Gasteiger partial charge is 0.410 e. The predicted molar refractivity (Wildman–Crippen MR) is 93.7 cm³/mol. The van der Waals surface area contributed by atoms with Crippen molar-refractivity contribution in [3.05, 3.63) is 0 Å². The summed E-state index contributed by atoms with van der Waals surface area (Å²) in [4.78, 5) is 16.8. The van der Waals surface area contributed by atoms with Crippen LogP contribution in [0.15, 0.2) is 0 Å². The SMILES string of the molecule is CC(C)N1CCC(NCC2CCCN2C(=O)OC(C)(C)C)CC1. The molecule has 0 aromatic rings. The minimum absolute atomic E-state index is 0.156. The minimum atomic E-state index is -0.415. The molecule has 2 rings (SSSR count). The lowest BCUT2D eigenvalue weighted by atomic mass is 10.0. The Labute approximate surface area is 141 Å². The van der Waals surface area contributed by atoms with Crippen molar-refractivity contribution in [2.75, 3.05) is 26.2 Å². The zero-order valence-corrected chi connectivity index (χ0v) is 15.6. The standard InChI is InChI=1S/C18H35N3O2/c1-14(2)20-11-8-15(9-12-20)19-13-16-7-6-10-21(16)17(22)23-18(3,4)5/h14-16,19H,6-13H2,1-5H3. The first-order chi connectivity index (χ1) is 10.8. The molecule has 5 heteroatoms. The van der Waals surface area contributed by atoms with Gasteiger partial charge in [-0.05, 0) is 73.4 Å². The Morgan fingerprint density at radius 3 is 2.39 bits per heavy atom. The Balaban J connectivity index is 1.75. The summed E-state index contributed by atoms with van der Waals surface area (Å²) in [6.07, 6.45) is 4.42. The van der Waals surface area contributed by atoms with Crippen LogP contribution >= 0.6 is 0 Å². The first-order valence-corrected chi connectivity index (χ1v) is 9.23. The number of ether oxygens (including phenoxy) is 1. The van der Waals surface area contributed by atoms with E-state index in [9.17, 15) is 4.79 Å². The molecule has 1 amide bonds. The molecule has 0 aliphatic carbocycles. The number of likely N-dealkylation sites (tertiary alicyclic amines) is 2. The fourth-order valence-corrected chi connectivity index (χ4v) is 3.53. The quantitative estimate of drug-likeness (QED) is 0.863. The van der Waals surface area contributed by atoms with E-state index >= 15 is 0 Å². The molecule has 0 radical (unpaired) electrons. The van der Waals surface area contributed by atoms with Crippen molar-refractivity contribution in [1.29, 1.82) is 0 Å². The summed E-state index contributed by atoms with van der Waals surface area (Å²) < 4.78 is 5.54. The molecule has 134 valence electrons. The van der Waals surface area contributed by atoms with Crippen molar-refractivity contribution in [2.45, 2.75) is 84.0 Å². The minimum Gasteiger partial charge on any atom is -0.444 e. The largest absolute Gasteiger partial charge is 0.444 e. The first-order valence-electron chi connectivity index (χ1n) is 9.23. The number of amides is 1. The van der Waals surface area contributed by atoms with Gasteiger partial charge in [-0.2, -0.15) is 0 Å². The normalized spacial score (nSPS) is 24.4.